The number of likely N-dealkylation sites (N-methyl/N-ethyl adjacent to an activating group) is 1. The summed E-state index contributed by atoms with van der Waals surface area (Å²) in [4.78, 5) is 71.7. The lowest BCUT2D eigenvalue weighted by atomic mass is 9.93. The Morgan fingerprint density at radius 2 is 1.53 bits per heavy atom. The van der Waals surface area contributed by atoms with Crippen LogP contribution >= 0.6 is 0 Å². The summed E-state index contributed by atoms with van der Waals surface area (Å²) in [6.45, 7) is 4.50. The maximum atomic E-state index is 14.8. The molecule has 0 unspecified atom stereocenters. The van der Waals surface area contributed by atoms with Gasteiger partial charge in [0.15, 0.2) is 0 Å². The van der Waals surface area contributed by atoms with Gasteiger partial charge in [-0.05, 0) is 98.7 Å². The molecule has 3 aromatic carbocycles. The van der Waals surface area contributed by atoms with E-state index in [2.05, 4.69) is 28.2 Å². The molecular weight excluding hydrogens is 815 g/mol. The van der Waals surface area contributed by atoms with Crippen LogP contribution in [-0.2, 0) is 32.0 Å². The van der Waals surface area contributed by atoms with Crippen molar-refractivity contribution in [2.45, 2.75) is 109 Å². The number of nitrogens with two attached hydrogens (primary N) is 3. The molecule has 1 heterocycles. The quantitative estimate of drug-likeness (QED) is 0.0536. The number of hydrogen-bond donors (Lipinski definition) is 7. The SMILES string of the molecule is CCCCCCCCc1cccc(C(=O)N[C@@H](CCCCN)C(=O)N(C)[C@@H]2C(=O)N[C@@H](C)C(=O)N[C@H](C(=O)NCC#N)Cc3ccc(OCCN)c(c3)-c3cc2ccc3OCCN)c1. The number of benzene rings is 3. The van der Waals surface area contributed by atoms with Crippen LogP contribution in [0.1, 0.15) is 105 Å². The lowest BCUT2D eigenvalue weighted by Gasteiger charge is -2.33. The average molecular weight is 882 g/mol. The summed E-state index contributed by atoms with van der Waals surface area (Å²) in [6.07, 6.45) is 9.15. The fraction of sp³-hybridized carbons (Fsp3) is 0.500. The van der Waals surface area contributed by atoms with Gasteiger partial charge in [-0.1, -0.05) is 63.3 Å². The molecular formula is C48H67N9O7. The highest BCUT2D eigenvalue weighted by atomic mass is 16.5. The van der Waals surface area contributed by atoms with Gasteiger partial charge in [0.2, 0.25) is 23.6 Å². The number of nitrogens with one attached hydrogen (secondary N) is 4. The second kappa shape index (κ2) is 26.6. The molecule has 0 saturated carbocycles. The van der Waals surface area contributed by atoms with Crippen molar-refractivity contribution in [3.63, 3.8) is 0 Å². The first-order valence-electron chi connectivity index (χ1n) is 22.5. The number of ether oxygens (including phenoxy) is 2. The molecule has 64 heavy (non-hydrogen) atoms. The van der Waals surface area contributed by atoms with E-state index >= 15 is 0 Å². The minimum Gasteiger partial charge on any atom is -0.492 e. The standard InChI is InChI=1S/C48H67N9O7/c1-4-5-6-7-8-9-13-33-14-12-15-36(28-33)45(59)55-39(16-10-11-21-49)48(62)57(3)43-35-18-20-42(64-27-24-52)38(31-35)37-29-34(17-19-41(37)63-26-23-51)30-40(46(60)53-25-22-50)56-44(58)32(2)54-47(43)61/h12,14-15,17-20,28-29,31-32,39-40,43H,4-11,13,16,21,23-27,30,49,51-52H2,1-3H3,(H,53,60)(H,54,61)(H,55,59)(H,56,58)/t32-,39-,40-,43-/m0/s1. The van der Waals surface area contributed by atoms with E-state index in [1.54, 1.807) is 42.5 Å². The number of rotatable bonds is 23. The number of nitriles is 1. The molecule has 1 aliphatic heterocycles. The predicted molar refractivity (Wildman–Crippen MR) is 246 cm³/mol. The summed E-state index contributed by atoms with van der Waals surface area (Å²) in [6, 6.07) is 14.9. The Kier molecular flexibility index (Phi) is 21.0. The van der Waals surface area contributed by atoms with Crippen LogP contribution in [0.4, 0.5) is 0 Å². The molecule has 346 valence electrons. The third kappa shape index (κ3) is 14.8. The molecule has 3 aromatic rings. The van der Waals surface area contributed by atoms with Crippen molar-refractivity contribution in [2.75, 3.05) is 46.4 Å². The second-order valence-electron chi connectivity index (χ2n) is 16.1. The first-order valence-corrected chi connectivity index (χ1v) is 22.5. The van der Waals surface area contributed by atoms with Gasteiger partial charge >= 0.3 is 0 Å². The van der Waals surface area contributed by atoms with E-state index in [-0.39, 0.29) is 45.7 Å². The molecule has 5 amide bonds. The van der Waals surface area contributed by atoms with Crippen LogP contribution in [0.25, 0.3) is 11.1 Å². The number of hydrogen-bond acceptors (Lipinski definition) is 11. The van der Waals surface area contributed by atoms with Crippen molar-refractivity contribution < 1.29 is 33.4 Å². The lowest BCUT2D eigenvalue weighted by molar-refractivity contribution is -0.141. The smallest absolute Gasteiger partial charge is 0.251 e. The minimum atomic E-state index is -1.34. The highest BCUT2D eigenvalue weighted by Gasteiger charge is 2.36. The summed E-state index contributed by atoms with van der Waals surface area (Å²) < 4.78 is 12.2. The Bertz CT molecular complexity index is 2070. The van der Waals surface area contributed by atoms with E-state index in [1.165, 1.54) is 44.6 Å². The van der Waals surface area contributed by atoms with Crippen LogP contribution < -0.4 is 47.9 Å². The maximum absolute atomic E-state index is 14.8. The van der Waals surface area contributed by atoms with Gasteiger partial charge in [0.25, 0.3) is 5.91 Å². The van der Waals surface area contributed by atoms with Crippen molar-refractivity contribution in [3.8, 4) is 28.7 Å². The molecule has 0 saturated heterocycles. The summed E-state index contributed by atoms with van der Waals surface area (Å²) >= 11 is 0. The topological polar surface area (TPSA) is 257 Å². The molecule has 0 aromatic heterocycles. The van der Waals surface area contributed by atoms with E-state index < -0.39 is 53.7 Å². The van der Waals surface area contributed by atoms with E-state index in [0.717, 1.165) is 24.8 Å². The summed E-state index contributed by atoms with van der Waals surface area (Å²) in [7, 11) is 1.48. The van der Waals surface area contributed by atoms with Gasteiger partial charge in [-0.3, -0.25) is 24.0 Å². The Morgan fingerprint density at radius 1 is 0.844 bits per heavy atom. The molecule has 0 spiro atoms. The number of amides is 5. The zero-order valence-corrected chi connectivity index (χ0v) is 37.6. The number of carbonyl (C=O) groups is 5. The molecule has 16 heteroatoms. The van der Waals surface area contributed by atoms with Gasteiger partial charge < -0.3 is 52.8 Å². The normalized spacial score (nSPS) is 16.5. The van der Waals surface area contributed by atoms with Crippen LogP contribution in [0.2, 0.25) is 0 Å². The number of unbranched alkanes of at least 4 members (excludes halogenated alkanes) is 6. The third-order valence-corrected chi connectivity index (χ3v) is 11.1. The van der Waals surface area contributed by atoms with E-state index in [9.17, 15) is 29.2 Å². The fourth-order valence-electron chi connectivity index (χ4n) is 7.67. The molecule has 4 bridgehead atoms. The molecule has 1 aliphatic rings. The Balaban J connectivity index is 1.79. The zero-order valence-electron chi connectivity index (χ0n) is 37.6. The van der Waals surface area contributed by atoms with Crippen molar-refractivity contribution >= 4 is 29.5 Å². The van der Waals surface area contributed by atoms with Crippen molar-refractivity contribution in [1.29, 1.82) is 5.26 Å². The molecule has 16 nitrogen and oxygen atoms in total. The van der Waals surface area contributed by atoms with Crippen LogP contribution in [0.3, 0.4) is 0 Å². The summed E-state index contributed by atoms with van der Waals surface area (Å²) in [5, 5.41) is 20.1. The Morgan fingerprint density at radius 3 is 2.22 bits per heavy atom. The number of fused-ring (bicyclic) bond motifs is 5. The zero-order chi connectivity index (χ0) is 46.4. The molecule has 0 fully saturated rings. The van der Waals surface area contributed by atoms with Gasteiger partial charge in [-0.15, -0.1) is 0 Å². The van der Waals surface area contributed by atoms with E-state index in [0.29, 0.717) is 58.7 Å². The van der Waals surface area contributed by atoms with Gasteiger partial charge in [-0.2, -0.15) is 5.26 Å². The van der Waals surface area contributed by atoms with Crippen LogP contribution in [-0.4, -0.2) is 99.0 Å². The van der Waals surface area contributed by atoms with Crippen LogP contribution in [0.5, 0.6) is 11.5 Å². The number of aryl methyl sites for hydroxylation is 1. The second-order valence-corrected chi connectivity index (χ2v) is 16.1. The molecule has 4 rings (SSSR count). The van der Waals surface area contributed by atoms with Crippen LogP contribution in [0, 0.1) is 11.3 Å². The minimum absolute atomic E-state index is 0.0209. The van der Waals surface area contributed by atoms with Gasteiger partial charge in [0, 0.05) is 43.2 Å². The van der Waals surface area contributed by atoms with E-state index in [4.69, 9.17) is 26.7 Å². The van der Waals surface area contributed by atoms with Gasteiger partial charge in [-0.25, -0.2) is 0 Å². The van der Waals surface area contributed by atoms with E-state index in [1.807, 2.05) is 24.3 Å². The molecule has 0 aliphatic carbocycles. The molecule has 0 radical (unpaired) electrons. The van der Waals surface area contributed by atoms with Crippen molar-refractivity contribution in [3.05, 3.63) is 82.9 Å². The predicted octanol–water partition coefficient (Wildman–Crippen LogP) is 3.54. The largest absolute Gasteiger partial charge is 0.492 e. The molecule has 4 atom stereocenters. The monoisotopic (exact) mass is 882 g/mol. The average Bonchev–Trinajstić information content (AvgIpc) is 3.29. The first kappa shape index (κ1) is 50.6. The fourth-order valence-corrected chi connectivity index (χ4v) is 7.67. The highest BCUT2D eigenvalue weighted by Crippen LogP contribution is 2.40. The summed E-state index contributed by atoms with van der Waals surface area (Å²) in [5.74, 6) is -2.12. The van der Waals surface area contributed by atoms with Gasteiger partial charge in [0.1, 0.15) is 55.4 Å². The number of nitrogens with zero attached hydrogens (tertiary/aromatic N) is 2. The Labute approximate surface area is 377 Å². The Hall–Kier alpha value is -6.02. The van der Waals surface area contributed by atoms with Crippen molar-refractivity contribution in [2.24, 2.45) is 17.2 Å². The van der Waals surface area contributed by atoms with Crippen LogP contribution in [0.15, 0.2) is 60.7 Å². The summed E-state index contributed by atoms with van der Waals surface area (Å²) in [5.41, 5.74) is 21.0. The molecule has 10 N–H and O–H groups in total. The van der Waals surface area contributed by atoms with Gasteiger partial charge in [0.05, 0.1) is 6.07 Å². The first-order chi connectivity index (χ1) is 30.9. The lowest BCUT2D eigenvalue weighted by Crippen LogP contribution is -2.56. The highest BCUT2D eigenvalue weighted by molar-refractivity contribution is 5.99. The number of carbonyl (C=O) groups excluding carboxylic acids is 5. The third-order valence-electron chi connectivity index (χ3n) is 11.1. The van der Waals surface area contributed by atoms with Crippen molar-refractivity contribution in [1.82, 2.24) is 26.2 Å². The maximum Gasteiger partial charge on any atom is 0.251 e.